The molecular weight excluding hydrogens is 350 g/mol. The molecule has 2 N–H and O–H groups in total. The maximum absolute atomic E-state index is 12.5. The van der Waals surface area contributed by atoms with Crippen molar-refractivity contribution < 1.29 is 9.53 Å². The molecular formula is C20H18ClN3O2. The minimum atomic E-state index is -0.297. The highest BCUT2D eigenvalue weighted by Gasteiger charge is 2.10. The van der Waals surface area contributed by atoms with E-state index in [0.717, 1.165) is 16.9 Å². The molecule has 0 bridgehead atoms. The first-order valence-corrected chi connectivity index (χ1v) is 8.37. The first-order chi connectivity index (χ1) is 12.5. The van der Waals surface area contributed by atoms with E-state index in [-0.39, 0.29) is 5.91 Å². The second-order valence-electron chi connectivity index (χ2n) is 5.70. The summed E-state index contributed by atoms with van der Waals surface area (Å²) in [5.41, 5.74) is 3.64. The summed E-state index contributed by atoms with van der Waals surface area (Å²) in [4.78, 5) is 16.6. The molecule has 0 aliphatic rings. The number of ether oxygens (including phenoxy) is 1. The lowest BCUT2D eigenvalue weighted by Crippen LogP contribution is -2.13. The van der Waals surface area contributed by atoms with Gasteiger partial charge in [-0.05, 0) is 55.0 Å². The van der Waals surface area contributed by atoms with Gasteiger partial charge in [0, 0.05) is 34.3 Å². The van der Waals surface area contributed by atoms with Crippen LogP contribution < -0.4 is 15.4 Å². The normalized spacial score (nSPS) is 10.3. The van der Waals surface area contributed by atoms with E-state index >= 15 is 0 Å². The third kappa shape index (κ3) is 4.32. The number of nitrogens with zero attached hydrogens (tertiary/aromatic N) is 1. The van der Waals surface area contributed by atoms with E-state index in [2.05, 4.69) is 15.6 Å². The van der Waals surface area contributed by atoms with Crippen molar-refractivity contribution >= 4 is 34.6 Å². The number of carbonyl (C=O) groups excluding carboxylic acids is 1. The Balaban J connectivity index is 1.76. The van der Waals surface area contributed by atoms with Gasteiger partial charge in [0.15, 0.2) is 0 Å². The van der Waals surface area contributed by atoms with Crippen LogP contribution in [-0.4, -0.2) is 18.0 Å². The molecule has 132 valence electrons. The van der Waals surface area contributed by atoms with Gasteiger partial charge in [-0.2, -0.15) is 0 Å². The fourth-order valence-electron chi connectivity index (χ4n) is 2.45. The van der Waals surface area contributed by atoms with Gasteiger partial charge in [-0.15, -0.1) is 0 Å². The Hall–Kier alpha value is -3.05. The van der Waals surface area contributed by atoms with E-state index in [1.165, 1.54) is 0 Å². The van der Waals surface area contributed by atoms with Gasteiger partial charge in [0.25, 0.3) is 5.91 Å². The fourth-order valence-corrected chi connectivity index (χ4v) is 2.68. The number of benzene rings is 2. The van der Waals surface area contributed by atoms with Gasteiger partial charge >= 0.3 is 0 Å². The van der Waals surface area contributed by atoms with Crippen molar-refractivity contribution in [2.45, 2.75) is 6.92 Å². The van der Waals surface area contributed by atoms with Crippen LogP contribution in [0.2, 0.25) is 5.02 Å². The van der Waals surface area contributed by atoms with E-state index in [0.29, 0.717) is 22.2 Å². The third-order valence-corrected chi connectivity index (χ3v) is 4.02. The number of nitrogens with one attached hydrogen (secondary N) is 2. The summed E-state index contributed by atoms with van der Waals surface area (Å²) in [6.45, 7) is 1.96. The molecule has 0 saturated carbocycles. The molecule has 1 amide bonds. The summed E-state index contributed by atoms with van der Waals surface area (Å²) < 4.78 is 5.16. The van der Waals surface area contributed by atoms with Crippen LogP contribution >= 0.6 is 11.6 Å². The topological polar surface area (TPSA) is 63.2 Å². The van der Waals surface area contributed by atoms with Crippen molar-refractivity contribution in [1.82, 2.24) is 4.98 Å². The minimum absolute atomic E-state index is 0.297. The largest absolute Gasteiger partial charge is 0.497 e. The molecule has 3 rings (SSSR count). The number of anilines is 3. The highest BCUT2D eigenvalue weighted by Crippen LogP contribution is 2.24. The predicted molar refractivity (Wildman–Crippen MR) is 105 cm³/mol. The molecule has 6 heteroatoms. The van der Waals surface area contributed by atoms with Crippen molar-refractivity contribution in [3.63, 3.8) is 0 Å². The second kappa shape index (κ2) is 7.89. The Morgan fingerprint density at radius 1 is 1.08 bits per heavy atom. The molecule has 26 heavy (non-hydrogen) atoms. The van der Waals surface area contributed by atoms with Gasteiger partial charge in [0.1, 0.15) is 11.4 Å². The first-order valence-electron chi connectivity index (χ1n) is 8.00. The lowest BCUT2D eigenvalue weighted by atomic mass is 10.2. The van der Waals surface area contributed by atoms with Crippen LogP contribution in [0.5, 0.6) is 5.75 Å². The van der Waals surface area contributed by atoms with Crippen molar-refractivity contribution in [1.29, 1.82) is 0 Å². The number of rotatable bonds is 5. The number of carbonyl (C=O) groups is 1. The van der Waals surface area contributed by atoms with Crippen molar-refractivity contribution in [2.24, 2.45) is 0 Å². The molecule has 0 aliphatic heterocycles. The van der Waals surface area contributed by atoms with Crippen LogP contribution in [0.25, 0.3) is 0 Å². The van der Waals surface area contributed by atoms with Gasteiger partial charge in [0.2, 0.25) is 0 Å². The number of halogens is 1. The second-order valence-corrected chi connectivity index (χ2v) is 6.14. The number of aryl methyl sites for hydroxylation is 1. The molecule has 0 fully saturated rings. The fraction of sp³-hybridized carbons (Fsp3) is 0.100. The minimum Gasteiger partial charge on any atom is -0.497 e. The monoisotopic (exact) mass is 367 g/mol. The Bertz CT molecular complexity index is 944. The molecule has 2 aromatic carbocycles. The third-order valence-electron chi connectivity index (χ3n) is 3.79. The molecule has 1 aromatic heterocycles. The molecule has 0 radical (unpaired) electrons. The van der Waals surface area contributed by atoms with Crippen LogP contribution in [-0.2, 0) is 0 Å². The van der Waals surface area contributed by atoms with Gasteiger partial charge in [0.05, 0.1) is 7.11 Å². The average molecular weight is 368 g/mol. The zero-order valence-electron chi connectivity index (χ0n) is 14.4. The van der Waals surface area contributed by atoms with Crippen LogP contribution in [0.1, 0.15) is 16.1 Å². The van der Waals surface area contributed by atoms with E-state index in [9.17, 15) is 4.79 Å². The average Bonchev–Trinajstić information content (AvgIpc) is 2.64. The summed E-state index contributed by atoms with van der Waals surface area (Å²) in [5, 5.41) is 6.78. The molecule has 1 heterocycles. The predicted octanol–water partition coefficient (Wildman–Crippen LogP) is 5.05. The molecule has 0 saturated heterocycles. The van der Waals surface area contributed by atoms with Crippen LogP contribution in [0.15, 0.2) is 60.8 Å². The van der Waals surface area contributed by atoms with Crippen LogP contribution in [0.3, 0.4) is 0 Å². The summed E-state index contributed by atoms with van der Waals surface area (Å²) in [6, 6.07) is 16.2. The molecule has 0 spiro atoms. The van der Waals surface area contributed by atoms with E-state index in [4.69, 9.17) is 16.3 Å². The first kappa shape index (κ1) is 17.8. The number of methoxy groups -OCH3 is 1. The lowest BCUT2D eigenvalue weighted by molar-refractivity contribution is 0.102. The SMILES string of the molecule is COc1cccc(NC(=O)c2cc(Nc3ccc(Cl)cc3C)ccn2)c1. The van der Waals surface area contributed by atoms with Gasteiger partial charge in [-0.3, -0.25) is 9.78 Å². The van der Waals surface area contributed by atoms with Gasteiger partial charge in [-0.25, -0.2) is 0 Å². The zero-order chi connectivity index (χ0) is 18.5. The highest BCUT2D eigenvalue weighted by atomic mass is 35.5. The number of pyridine rings is 1. The van der Waals surface area contributed by atoms with E-state index in [1.807, 2.05) is 37.3 Å². The highest BCUT2D eigenvalue weighted by molar-refractivity contribution is 6.30. The molecule has 5 nitrogen and oxygen atoms in total. The summed E-state index contributed by atoms with van der Waals surface area (Å²) in [5.74, 6) is 0.374. The van der Waals surface area contributed by atoms with Gasteiger partial charge in [-0.1, -0.05) is 17.7 Å². The molecule has 3 aromatic rings. The van der Waals surface area contributed by atoms with Crippen molar-refractivity contribution in [2.75, 3.05) is 17.7 Å². The smallest absolute Gasteiger partial charge is 0.274 e. The standard InChI is InChI=1S/C20H18ClN3O2/c1-13-10-14(21)6-7-18(13)23-16-8-9-22-19(12-16)20(25)24-15-4-3-5-17(11-15)26-2/h3-12H,1-2H3,(H,22,23)(H,24,25). The summed E-state index contributed by atoms with van der Waals surface area (Å²) in [6.07, 6.45) is 1.59. The van der Waals surface area contributed by atoms with E-state index < -0.39 is 0 Å². The molecule has 0 atom stereocenters. The lowest BCUT2D eigenvalue weighted by Gasteiger charge is -2.11. The number of aromatic nitrogens is 1. The zero-order valence-corrected chi connectivity index (χ0v) is 15.2. The van der Waals surface area contributed by atoms with Crippen molar-refractivity contribution in [3.05, 3.63) is 77.1 Å². The number of hydrogen-bond donors (Lipinski definition) is 2. The molecule has 0 aliphatic carbocycles. The Labute approximate surface area is 157 Å². The van der Waals surface area contributed by atoms with Gasteiger partial charge < -0.3 is 15.4 Å². The maximum Gasteiger partial charge on any atom is 0.274 e. The molecule has 0 unspecified atom stereocenters. The number of amides is 1. The van der Waals surface area contributed by atoms with Crippen molar-refractivity contribution in [3.8, 4) is 5.75 Å². The quantitative estimate of drug-likeness (QED) is 0.662. The summed E-state index contributed by atoms with van der Waals surface area (Å²) in [7, 11) is 1.58. The summed E-state index contributed by atoms with van der Waals surface area (Å²) >= 11 is 5.99. The van der Waals surface area contributed by atoms with E-state index in [1.54, 1.807) is 37.6 Å². The van der Waals surface area contributed by atoms with Crippen LogP contribution in [0.4, 0.5) is 17.1 Å². The Morgan fingerprint density at radius 3 is 2.69 bits per heavy atom. The Morgan fingerprint density at radius 2 is 1.92 bits per heavy atom. The Kier molecular flexibility index (Phi) is 5.39. The maximum atomic E-state index is 12.5. The number of hydrogen-bond acceptors (Lipinski definition) is 4. The van der Waals surface area contributed by atoms with Crippen LogP contribution in [0, 0.1) is 6.92 Å².